The van der Waals surface area contributed by atoms with Crippen LogP contribution in [-0.2, 0) is 0 Å². The molecule has 1 saturated carbocycles. The summed E-state index contributed by atoms with van der Waals surface area (Å²) in [7, 11) is 0. The Bertz CT molecular complexity index is 1090. The fourth-order valence-electron chi connectivity index (χ4n) is 3.06. The lowest BCUT2D eigenvalue weighted by Gasteiger charge is -2.14. The van der Waals surface area contributed by atoms with Crippen LogP contribution in [0.15, 0.2) is 29.2 Å². The van der Waals surface area contributed by atoms with Gasteiger partial charge < -0.3 is 15.4 Å². The van der Waals surface area contributed by atoms with E-state index in [9.17, 15) is 9.59 Å². The van der Waals surface area contributed by atoms with Crippen molar-refractivity contribution in [2.24, 2.45) is 0 Å². The average Bonchev–Trinajstić information content (AvgIpc) is 3.35. The molecule has 27 heavy (non-hydrogen) atoms. The highest BCUT2D eigenvalue weighted by molar-refractivity contribution is 7.19. The summed E-state index contributed by atoms with van der Waals surface area (Å²) in [6.07, 6.45) is 2.56. The number of carboxylic acid groups (broad SMARTS) is 1. The van der Waals surface area contributed by atoms with Crippen LogP contribution in [0.4, 0.5) is 14.9 Å². The van der Waals surface area contributed by atoms with Crippen molar-refractivity contribution >= 4 is 50.1 Å². The Morgan fingerprint density at radius 1 is 1.41 bits per heavy atom. The molecule has 140 valence electrons. The third-order valence-corrected chi connectivity index (χ3v) is 5.72. The average molecular weight is 405 g/mol. The lowest BCUT2D eigenvalue weighted by molar-refractivity contribution is 0.210. The van der Waals surface area contributed by atoms with Crippen molar-refractivity contribution in [3.8, 4) is 0 Å². The van der Waals surface area contributed by atoms with Crippen molar-refractivity contribution in [1.82, 2.24) is 9.97 Å². The summed E-state index contributed by atoms with van der Waals surface area (Å²) in [5, 5.41) is 16.7. The predicted molar refractivity (Wildman–Crippen MR) is 107 cm³/mol. The number of nitrogens with zero attached hydrogens (tertiary/aromatic N) is 1. The second-order valence-electron chi connectivity index (χ2n) is 6.61. The number of halogens is 1. The molecule has 1 aliphatic carbocycles. The maximum absolute atomic E-state index is 12.6. The van der Waals surface area contributed by atoms with Crippen LogP contribution in [0.1, 0.15) is 42.9 Å². The lowest BCUT2D eigenvalue weighted by atomic mass is 10.0. The van der Waals surface area contributed by atoms with Gasteiger partial charge in [0, 0.05) is 21.5 Å². The van der Waals surface area contributed by atoms with Crippen molar-refractivity contribution in [1.29, 1.82) is 0 Å². The highest BCUT2D eigenvalue weighted by atomic mass is 35.5. The fraction of sp³-hybridized carbons (Fsp3) is 0.278. The number of anilines is 2. The van der Waals surface area contributed by atoms with E-state index in [-0.39, 0.29) is 11.6 Å². The quantitative estimate of drug-likeness (QED) is 0.489. The molecule has 0 unspecified atom stereocenters. The first kappa shape index (κ1) is 17.8. The Balaban J connectivity index is 1.61. The molecule has 2 aromatic heterocycles. The monoisotopic (exact) mass is 404 g/mol. The first-order chi connectivity index (χ1) is 12.9. The summed E-state index contributed by atoms with van der Waals surface area (Å²) >= 11 is 7.57. The van der Waals surface area contributed by atoms with Crippen molar-refractivity contribution in [3.63, 3.8) is 0 Å². The highest BCUT2D eigenvalue weighted by Gasteiger charge is 2.26. The summed E-state index contributed by atoms with van der Waals surface area (Å²) in [6.45, 7) is 1.85. The molecule has 0 saturated heterocycles. The molecule has 4 rings (SSSR count). The van der Waals surface area contributed by atoms with Gasteiger partial charge in [-0.15, -0.1) is 0 Å². The third kappa shape index (κ3) is 3.77. The zero-order valence-corrected chi connectivity index (χ0v) is 15.9. The van der Waals surface area contributed by atoms with Gasteiger partial charge in [0.2, 0.25) is 0 Å². The van der Waals surface area contributed by atoms with Gasteiger partial charge in [0.25, 0.3) is 5.56 Å². The molecular formula is C18H17ClN4O3S. The third-order valence-electron chi connectivity index (χ3n) is 4.55. The van der Waals surface area contributed by atoms with Crippen LogP contribution < -0.4 is 16.2 Å². The van der Waals surface area contributed by atoms with Crippen LogP contribution in [0.5, 0.6) is 0 Å². The topological polar surface area (TPSA) is 107 Å². The Labute approximate surface area is 163 Å². The van der Waals surface area contributed by atoms with E-state index in [0.717, 1.165) is 45.7 Å². The largest absolute Gasteiger partial charge is 0.465 e. The summed E-state index contributed by atoms with van der Waals surface area (Å²) in [5.74, 6) is 0.504. The number of thiazole rings is 1. The van der Waals surface area contributed by atoms with E-state index in [0.29, 0.717) is 21.6 Å². The molecule has 0 spiro atoms. The standard InChI is InChI=1S/C18H17ClN4O3S/c1-8(21-17-20-7-15(27-17)23-18(25)26)11-4-10-5-13(19)12(9-2-3-9)6-14(10)22-16(11)24/h4-9,23H,2-3H2,1H3,(H,20,21)(H,22,24)(H,25,26)/t8-/m0/s1. The van der Waals surface area contributed by atoms with Gasteiger partial charge in [0.05, 0.1) is 12.2 Å². The maximum atomic E-state index is 12.6. The molecule has 1 amide bonds. The van der Waals surface area contributed by atoms with Gasteiger partial charge in [-0.3, -0.25) is 10.1 Å². The molecule has 0 bridgehead atoms. The molecule has 2 heterocycles. The number of amides is 1. The van der Waals surface area contributed by atoms with Gasteiger partial charge in [-0.05, 0) is 49.4 Å². The highest BCUT2D eigenvalue weighted by Crippen LogP contribution is 2.44. The number of hydrogen-bond donors (Lipinski definition) is 4. The van der Waals surface area contributed by atoms with Crippen LogP contribution in [0.2, 0.25) is 5.02 Å². The zero-order valence-electron chi connectivity index (χ0n) is 14.4. The van der Waals surface area contributed by atoms with Gasteiger partial charge in [0.1, 0.15) is 5.00 Å². The number of pyridine rings is 1. The van der Waals surface area contributed by atoms with Crippen molar-refractivity contribution < 1.29 is 9.90 Å². The number of aromatic amines is 1. The molecule has 7 nitrogen and oxygen atoms in total. The Kier molecular flexibility index (Phi) is 4.53. The molecular weight excluding hydrogens is 388 g/mol. The van der Waals surface area contributed by atoms with Crippen LogP contribution in [-0.4, -0.2) is 21.2 Å². The molecule has 3 aromatic rings. The molecule has 1 aliphatic rings. The van der Waals surface area contributed by atoms with E-state index in [2.05, 4.69) is 20.6 Å². The van der Waals surface area contributed by atoms with Gasteiger partial charge in [-0.25, -0.2) is 9.78 Å². The minimum Gasteiger partial charge on any atom is -0.465 e. The SMILES string of the molecule is C[C@H](Nc1ncc(NC(=O)O)s1)c1cc2cc(Cl)c(C3CC3)cc2[nH]c1=O. The maximum Gasteiger partial charge on any atom is 0.409 e. The van der Waals surface area contributed by atoms with E-state index < -0.39 is 6.09 Å². The Morgan fingerprint density at radius 2 is 2.19 bits per heavy atom. The second kappa shape index (κ2) is 6.86. The molecule has 4 N–H and O–H groups in total. The Morgan fingerprint density at radius 3 is 2.89 bits per heavy atom. The number of benzene rings is 1. The van der Waals surface area contributed by atoms with Gasteiger partial charge in [-0.2, -0.15) is 0 Å². The normalized spacial score (nSPS) is 14.9. The van der Waals surface area contributed by atoms with Gasteiger partial charge in [-0.1, -0.05) is 22.9 Å². The van der Waals surface area contributed by atoms with Gasteiger partial charge >= 0.3 is 6.09 Å². The molecule has 9 heteroatoms. The van der Waals surface area contributed by atoms with Crippen molar-refractivity contribution in [3.05, 3.63) is 50.9 Å². The summed E-state index contributed by atoms with van der Waals surface area (Å²) in [4.78, 5) is 30.3. The van der Waals surface area contributed by atoms with E-state index >= 15 is 0 Å². The number of carbonyl (C=O) groups is 1. The van der Waals surface area contributed by atoms with Crippen LogP contribution in [0, 0.1) is 0 Å². The Hall–Kier alpha value is -2.58. The van der Waals surface area contributed by atoms with E-state index in [4.69, 9.17) is 16.7 Å². The molecule has 0 radical (unpaired) electrons. The molecule has 1 fully saturated rings. The smallest absolute Gasteiger partial charge is 0.409 e. The first-order valence-corrected chi connectivity index (χ1v) is 9.69. The number of hydrogen-bond acceptors (Lipinski definition) is 5. The van der Waals surface area contributed by atoms with Crippen LogP contribution in [0.25, 0.3) is 10.9 Å². The number of H-pyrrole nitrogens is 1. The summed E-state index contributed by atoms with van der Waals surface area (Å²) < 4.78 is 0. The predicted octanol–water partition coefficient (Wildman–Crippen LogP) is 4.78. The first-order valence-electron chi connectivity index (χ1n) is 8.49. The molecule has 1 atom stereocenters. The summed E-state index contributed by atoms with van der Waals surface area (Å²) in [6, 6.07) is 5.39. The molecule has 0 aliphatic heterocycles. The fourth-order valence-corrected chi connectivity index (χ4v) is 4.18. The van der Waals surface area contributed by atoms with Crippen molar-refractivity contribution in [2.75, 3.05) is 10.6 Å². The minimum absolute atomic E-state index is 0.174. The van der Waals surface area contributed by atoms with Gasteiger partial charge in [0.15, 0.2) is 5.13 Å². The number of rotatable bonds is 5. The lowest BCUT2D eigenvalue weighted by Crippen LogP contribution is -2.19. The van der Waals surface area contributed by atoms with E-state index in [1.807, 2.05) is 25.1 Å². The van der Waals surface area contributed by atoms with E-state index in [1.54, 1.807) is 0 Å². The number of aromatic nitrogens is 2. The van der Waals surface area contributed by atoms with Crippen LogP contribution in [0.3, 0.4) is 0 Å². The summed E-state index contributed by atoms with van der Waals surface area (Å²) in [5.41, 5.74) is 2.26. The second-order valence-corrected chi connectivity index (χ2v) is 8.05. The zero-order chi connectivity index (χ0) is 19.1. The van der Waals surface area contributed by atoms with Crippen molar-refractivity contribution in [2.45, 2.75) is 31.7 Å². The number of nitrogens with one attached hydrogen (secondary N) is 3. The number of fused-ring (bicyclic) bond motifs is 1. The molecule has 1 aromatic carbocycles. The van der Waals surface area contributed by atoms with Crippen LogP contribution >= 0.6 is 22.9 Å². The van der Waals surface area contributed by atoms with E-state index in [1.165, 1.54) is 6.20 Å². The minimum atomic E-state index is -1.15.